The van der Waals surface area contributed by atoms with Crippen molar-refractivity contribution >= 4 is 43.0 Å². The number of aliphatic carboxylic acids is 1. The molecular formula is C31H53N2O11P. The molecule has 14 heteroatoms. The summed E-state index contributed by atoms with van der Waals surface area (Å²) >= 11 is 0. The van der Waals surface area contributed by atoms with Gasteiger partial charge in [0.05, 0.1) is 12.1 Å². The Bertz CT molecular complexity index is 1090. The molecule has 1 unspecified atom stereocenters. The number of rotatable bonds is 21. The topological polar surface area (TPSA) is 205 Å². The third kappa shape index (κ3) is 14.7. The van der Waals surface area contributed by atoms with E-state index in [1.54, 1.807) is 18.7 Å². The van der Waals surface area contributed by atoms with Crippen molar-refractivity contribution in [2.45, 2.75) is 124 Å². The Hall–Kier alpha value is -2.47. The van der Waals surface area contributed by atoms with E-state index in [1.807, 2.05) is 27.7 Å². The highest BCUT2D eigenvalue weighted by Gasteiger charge is 2.40. The van der Waals surface area contributed by atoms with Crippen LogP contribution >= 0.6 is 7.82 Å². The van der Waals surface area contributed by atoms with Crippen LogP contribution in [0.4, 0.5) is 0 Å². The SMILES string of the molecule is CC(C)CC(CC(C)C)C(=O)N1CCC[C@H]1C(=O)C[C@@H](CCC(=O)O)C(=O)N[C@H](C(=O)CCC(=O)C(C)C)C(C)OP(=O)(O)O. The van der Waals surface area contributed by atoms with E-state index in [9.17, 15) is 48.2 Å². The van der Waals surface area contributed by atoms with Gasteiger partial charge in [-0.2, -0.15) is 0 Å². The molecule has 13 nitrogen and oxygen atoms in total. The minimum Gasteiger partial charge on any atom is -0.481 e. The molecule has 0 aromatic rings. The lowest BCUT2D eigenvalue weighted by Crippen LogP contribution is -2.51. The number of amides is 2. The minimum absolute atomic E-state index is 0.107. The number of nitrogens with zero attached hydrogens (tertiary/aromatic N) is 1. The first-order valence-electron chi connectivity index (χ1n) is 15.9. The lowest BCUT2D eigenvalue weighted by atomic mass is 9.87. The Balaban J connectivity index is 3.23. The van der Waals surface area contributed by atoms with E-state index < -0.39 is 68.2 Å². The number of carbonyl (C=O) groups is 6. The van der Waals surface area contributed by atoms with E-state index in [2.05, 4.69) is 9.84 Å². The Morgan fingerprint density at radius 2 is 1.42 bits per heavy atom. The van der Waals surface area contributed by atoms with Crippen molar-refractivity contribution in [3.63, 3.8) is 0 Å². The second-order valence-electron chi connectivity index (χ2n) is 13.3. The zero-order chi connectivity index (χ0) is 34.6. The lowest BCUT2D eigenvalue weighted by molar-refractivity contribution is -0.143. The fourth-order valence-corrected chi connectivity index (χ4v) is 6.29. The Kier molecular flexibility index (Phi) is 16.8. The third-order valence-corrected chi connectivity index (χ3v) is 8.58. The third-order valence-electron chi connectivity index (χ3n) is 7.97. The van der Waals surface area contributed by atoms with Crippen LogP contribution in [0.1, 0.15) is 106 Å². The van der Waals surface area contributed by atoms with Gasteiger partial charge in [-0.1, -0.05) is 41.5 Å². The number of phosphoric acid groups is 1. The van der Waals surface area contributed by atoms with Crippen LogP contribution in [0.5, 0.6) is 0 Å². The van der Waals surface area contributed by atoms with Crippen LogP contribution in [0.15, 0.2) is 0 Å². The average molecular weight is 661 g/mol. The molecular weight excluding hydrogens is 607 g/mol. The first-order chi connectivity index (χ1) is 20.7. The molecule has 4 N–H and O–H groups in total. The highest BCUT2D eigenvalue weighted by molar-refractivity contribution is 7.46. The summed E-state index contributed by atoms with van der Waals surface area (Å²) in [5.74, 6) is -4.78. The summed E-state index contributed by atoms with van der Waals surface area (Å²) in [6.07, 6.45) is -0.747. The number of nitrogens with one attached hydrogen (secondary N) is 1. The Morgan fingerprint density at radius 1 is 0.867 bits per heavy atom. The largest absolute Gasteiger partial charge is 0.481 e. The first-order valence-corrected chi connectivity index (χ1v) is 17.4. The second-order valence-corrected chi connectivity index (χ2v) is 14.5. The molecule has 45 heavy (non-hydrogen) atoms. The van der Waals surface area contributed by atoms with Crippen molar-refractivity contribution in [1.82, 2.24) is 10.2 Å². The molecule has 0 spiro atoms. The second kappa shape index (κ2) is 18.6. The van der Waals surface area contributed by atoms with Gasteiger partial charge in [0.25, 0.3) is 0 Å². The van der Waals surface area contributed by atoms with E-state index in [0.717, 1.165) is 0 Å². The minimum atomic E-state index is -5.08. The number of carbonyl (C=O) groups excluding carboxylic acids is 5. The molecule has 0 aromatic carbocycles. The summed E-state index contributed by atoms with van der Waals surface area (Å²) in [4.78, 5) is 97.5. The van der Waals surface area contributed by atoms with Crippen LogP contribution in [0.3, 0.4) is 0 Å². The van der Waals surface area contributed by atoms with Crippen molar-refractivity contribution in [2.75, 3.05) is 6.54 Å². The summed E-state index contributed by atoms with van der Waals surface area (Å²) in [7, 11) is -5.08. The summed E-state index contributed by atoms with van der Waals surface area (Å²) in [5.41, 5.74) is 0. The fraction of sp³-hybridized carbons (Fsp3) is 0.806. The maximum atomic E-state index is 13.6. The molecule has 0 aliphatic carbocycles. The standard InChI is InChI=1S/C31H53N2O11P/c1-18(2)15-23(16-19(3)4)31(40)33-14-8-9-24(33)27(36)17-22(10-13-28(37)38)30(39)32-29(21(7)44-45(41,42)43)26(35)12-11-25(34)20(5)6/h18-24,29H,8-17H2,1-7H3,(H,32,39)(H,37,38)(H2,41,42,43)/t21?,22-,24+,29+/m1/s1. The van der Waals surface area contributed by atoms with Crippen molar-refractivity contribution in [2.24, 2.45) is 29.6 Å². The van der Waals surface area contributed by atoms with Crippen LogP contribution in [-0.4, -0.2) is 79.7 Å². The molecule has 0 saturated carbocycles. The first kappa shape index (κ1) is 40.6. The lowest BCUT2D eigenvalue weighted by Gasteiger charge is -2.31. The Labute approximate surface area is 266 Å². The zero-order valence-electron chi connectivity index (χ0n) is 27.7. The fourth-order valence-electron chi connectivity index (χ4n) is 5.74. The van der Waals surface area contributed by atoms with E-state index in [4.69, 9.17) is 0 Å². The summed E-state index contributed by atoms with van der Waals surface area (Å²) < 4.78 is 16.2. The molecule has 1 aliphatic rings. The number of phosphoric ester groups is 1. The maximum Gasteiger partial charge on any atom is 0.469 e. The molecule has 1 aliphatic heterocycles. The van der Waals surface area contributed by atoms with Gasteiger partial charge in [-0.25, -0.2) is 4.57 Å². The summed E-state index contributed by atoms with van der Waals surface area (Å²) in [5, 5.41) is 11.7. The number of Topliss-reactive ketones (excluding diaryl/α,β-unsaturated/α-hetero) is 3. The molecule has 1 heterocycles. The van der Waals surface area contributed by atoms with Gasteiger partial charge in [-0.05, 0) is 50.9 Å². The number of carboxylic acid groups (broad SMARTS) is 1. The number of carboxylic acids is 1. The van der Waals surface area contributed by atoms with Gasteiger partial charge in [0, 0.05) is 50.0 Å². The van der Waals surface area contributed by atoms with Crippen molar-refractivity contribution in [1.29, 1.82) is 0 Å². The van der Waals surface area contributed by atoms with Crippen LogP contribution in [-0.2, 0) is 37.9 Å². The van der Waals surface area contributed by atoms with E-state index in [0.29, 0.717) is 32.2 Å². The van der Waals surface area contributed by atoms with Crippen LogP contribution in [0.25, 0.3) is 0 Å². The molecule has 1 rings (SSSR count). The molecule has 258 valence electrons. The summed E-state index contributed by atoms with van der Waals surface area (Å²) in [6, 6.07) is -2.35. The van der Waals surface area contributed by atoms with E-state index in [-0.39, 0.29) is 54.6 Å². The molecule has 4 atom stereocenters. The number of hydrogen-bond donors (Lipinski definition) is 4. The van der Waals surface area contributed by atoms with Gasteiger partial charge in [-0.15, -0.1) is 0 Å². The van der Waals surface area contributed by atoms with E-state index >= 15 is 0 Å². The summed E-state index contributed by atoms with van der Waals surface area (Å²) in [6.45, 7) is 13.0. The van der Waals surface area contributed by atoms with Crippen molar-refractivity contribution in [3.05, 3.63) is 0 Å². The maximum absolute atomic E-state index is 13.6. The van der Waals surface area contributed by atoms with Gasteiger partial charge >= 0.3 is 13.8 Å². The van der Waals surface area contributed by atoms with Gasteiger partial charge in [0.2, 0.25) is 11.8 Å². The van der Waals surface area contributed by atoms with Crippen molar-refractivity contribution in [3.8, 4) is 0 Å². The van der Waals surface area contributed by atoms with Gasteiger partial charge in [0.1, 0.15) is 11.8 Å². The van der Waals surface area contributed by atoms with Crippen molar-refractivity contribution < 1.29 is 52.7 Å². The smallest absolute Gasteiger partial charge is 0.469 e. The van der Waals surface area contributed by atoms with Gasteiger partial charge < -0.3 is 25.1 Å². The highest BCUT2D eigenvalue weighted by Crippen LogP contribution is 2.38. The van der Waals surface area contributed by atoms with Crippen LogP contribution < -0.4 is 5.32 Å². The highest BCUT2D eigenvalue weighted by atomic mass is 31.2. The van der Waals surface area contributed by atoms with Gasteiger partial charge in [-0.3, -0.25) is 33.3 Å². The number of hydrogen-bond acceptors (Lipinski definition) is 8. The molecule has 0 bridgehead atoms. The van der Waals surface area contributed by atoms with E-state index in [1.165, 1.54) is 6.92 Å². The molecule has 1 saturated heterocycles. The monoisotopic (exact) mass is 660 g/mol. The van der Waals surface area contributed by atoms with Gasteiger partial charge in [0.15, 0.2) is 11.6 Å². The molecule has 2 amide bonds. The molecule has 1 fully saturated rings. The normalized spacial score (nSPS) is 17.5. The molecule has 0 radical (unpaired) electrons. The predicted molar refractivity (Wildman–Crippen MR) is 166 cm³/mol. The van der Waals surface area contributed by atoms with Crippen LogP contribution in [0, 0.1) is 29.6 Å². The zero-order valence-corrected chi connectivity index (χ0v) is 28.6. The Morgan fingerprint density at radius 3 is 1.91 bits per heavy atom. The quantitative estimate of drug-likeness (QED) is 0.131. The average Bonchev–Trinajstić information content (AvgIpc) is 3.39. The predicted octanol–water partition coefficient (Wildman–Crippen LogP) is 3.68. The molecule has 0 aromatic heterocycles. The van der Waals surface area contributed by atoms with Crippen LogP contribution in [0.2, 0.25) is 0 Å². The number of ketones is 3. The number of likely N-dealkylation sites (tertiary alicyclic amines) is 1.